The third-order valence-corrected chi connectivity index (χ3v) is 7.13. The van der Waals surface area contributed by atoms with Crippen molar-refractivity contribution in [2.75, 3.05) is 36.2 Å². The van der Waals surface area contributed by atoms with E-state index >= 15 is 0 Å². The van der Waals surface area contributed by atoms with Crippen LogP contribution in [0.15, 0.2) is 34.1 Å². The van der Waals surface area contributed by atoms with Crippen molar-refractivity contribution in [3.8, 4) is 12.1 Å². The van der Waals surface area contributed by atoms with Gasteiger partial charge in [0.1, 0.15) is 12.1 Å². The zero-order valence-corrected chi connectivity index (χ0v) is 21.8. The molecule has 0 aliphatic carbocycles. The predicted molar refractivity (Wildman–Crippen MR) is 137 cm³/mol. The Morgan fingerprint density at radius 3 is 2.09 bits per heavy atom. The second kappa shape index (κ2) is 13.0. The zero-order chi connectivity index (χ0) is 23.7. The van der Waals surface area contributed by atoms with Crippen molar-refractivity contribution < 1.29 is 4.74 Å². The number of anilines is 1. The highest BCUT2D eigenvalue weighted by molar-refractivity contribution is 7.99. The molecule has 0 saturated carbocycles. The zero-order valence-electron chi connectivity index (χ0n) is 19.4. The average Bonchev–Trinajstić information content (AvgIpc) is 2.74. The molecule has 0 radical (unpaired) electrons. The summed E-state index contributed by atoms with van der Waals surface area (Å²) in [5.74, 6) is 1.94. The Hall–Kier alpha value is -1.83. The molecule has 0 N–H and O–H groups in total. The number of halogens is 1. The van der Waals surface area contributed by atoms with E-state index < -0.39 is 0 Å². The van der Waals surface area contributed by atoms with Crippen LogP contribution in [0.4, 0.5) is 5.69 Å². The third-order valence-electron chi connectivity index (χ3n) is 5.07. The molecule has 1 fully saturated rings. The Morgan fingerprint density at radius 2 is 1.56 bits per heavy atom. The van der Waals surface area contributed by atoms with Gasteiger partial charge in [0.25, 0.3) is 0 Å². The van der Waals surface area contributed by atoms with Gasteiger partial charge in [-0.05, 0) is 67.7 Å². The molecule has 0 unspecified atom stereocenters. The van der Waals surface area contributed by atoms with Crippen LogP contribution >= 0.6 is 35.1 Å². The molecule has 3 rings (SSSR count). The molecular weight excluding hydrogens is 458 g/mol. The molecule has 170 valence electrons. The van der Waals surface area contributed by atoms with Gasteiger partial charge in [0.05, 0.1) is 24.3 Å². The maximum absolute atomic E-state index is 9.28. The van der Waals surface area contributed by atoms with Gasteiger partial charge in [-0.15, -0.1) is 23.5 Å². The Balaban J connectivity index is 0.000000244. The summed E-state index contributed by atoms with van der Waals surface area (Å²) in [4.78, 5) is 4.45. The number of nitrogens with zero attached hydrogens (tertiary/aromatic N) is 3. The van der Waals surface area contributed by atoms with Crippen molar-refractivity contribution in [1.29, 1.82) is 10.5 Å². The maximum atomic E-state index is 9.28. The van der Waals surface area contributed by atoms with E-state index in [2.05, 4.69) is 49.9 Å². The summed E-state index contributed by atoms with van der Waals surface area (Å²) in [6.07, 6.45) is 0. The molecule has 0 bridgehead atoms. The van der Waals surface area contributed by atoms with Gasteiger partial charge in [0.15, 0.2) is 0 Å². The highest BCUT2D eigenvalue weighted by Crippen LogP contribution is 2.32. The Morgan fingerprint density at radius 1 is 1.00 bits per heavy atom. The van der Waals surface area contributed by atoms with Crippen molar-refractivity contribution in [3.05, 3.63) is 51.5 Å². The first-order chi connectivity index (χ1) is 15.4. The van der Waals surface area contributed by atoms with Gasteiger partial charge in [-0.2, -0.15) is 10.5 Å². The van der Waals surface area contributed by atoms with Crippen molar-refractivity contribution in [1.82, 2.24) is 0 Å². The predicted octanol–water partition coefficient (Wildman–Crippen LogP) is 6.84. The Labute approximate surface area is 205 Å². The standard InChI is InChI=1S/C15H20N2OS.C10H10ClNS/c1-4-19-15-8-13(7-11(2)14(15)9-16)17-5-6-18-10-12(17)3;1-3-13-10-5-8(11)4-7(2)9(10)6-12/h7-8,12H,4-6,10H2,1-3H3;4-5H,3H2,1-2H3/t12-;/m1./s1. The summed E-state index contributed by atoms with van der Waals surface area (Å²) in [5.41, 5.74) is 4.79. The smallest absolute Gasteiger partial charge is 0.101 e. The number of rotatable bonds is 5. The summed E-state index contributed by atoms with van der Waals surface area (Å²) in [5, 5.41) is 18.9. The number of thioether (sulfide) groups is 2. The molecule has 7 heteroatoms. The summed E-state index contributed by atoms with van der Waals surface area (Å²) in [7, 11) is 0. The van der Waals surface area contributed by atoms with Crippen LogP contribution in [0.1, 0.15) is 43.0 Å². The summed E-state index contributed by atoms with van der Waals surface area (Å²) in [6, 6.07) is 12.9. The first kappa shape index (κ1) is 26.4. The molecule has 1 atom stereocenters. The molecule has 0 aromatic heterocycles. The molecule has 1 saturated heterocycles. The summed E-state index contributed by atoms with van der Waals surface area (Å²) >= 11 is 9.28. The van der Waals surface area contributed by atoms with Gasteiger partial charge < -0.3 is 9.64 Å². The van der Waals surface area contributed by atoms with Crippen LogP contribution in [0.3, 0.4) is 0 Å². The van der Waals surface area contributed by atoms with E-state index in [4.69, 9.17) is 21.6 Å². The number of aryl methyl sites for hydroxylation is 2. The molecular formula is C25H30ClN3OS2. The molecule has 1 aliphatic heterocycles. The topological polar surface area (TPSA) is 60.1 Å². The first-order valence-electron chi connectivity index (χ1n) is 10.7. The first-order valence-corrected chi connectivity index (χ1v) is 13.1. The minimum absolute atomic E-state index is 0.389. The highest BCUT2D eigenvalue weighted by Gasteiger charge is 2.21. The lowest BCUT2D eigenvalue weighted by Crippen LogP contribution is -2.43. The molecule has 2 aromatic carbocycles. The van der Waals surface area contributed by atoms with Gasteiger partial charge in [-0.1, -0.05) is 25.4 Å². The molecule has 32 heavy (non-hydrogen) atoms. The van der Waals surface area contributed by atoms with Crippen molar-refractivity contribution in [2.24, 2.45) is 0 Å². The summed E-state index contributed by atoms with van der Waals surface area (Å²) < 4.78 is 5.49. The number of morpholine rings is 1. The fourth-order valence-corrected chi connectivity index (χ4v) is 5.63. The Bertz CT molecular complexity index is 1010. The van der Waals surface area contributed by atoms with Gasteiger partial charge in [0.2, 0.25) is 0 Å². The minimum atomic E-state index is 0.389. The summed E-state index contributed by atoms with van der Waals surface area (Å²) in [6.45, 7) is 12.8. The Kier molecular flexibility index (Phi) is 10.7. The van der Waals surface area contributed by atoms with E-state index in [-0.39, 0.29) is 0 Å². The van der Waals surface area contributed by atoms with E-state index in [1.54, 1.807) is 23.5 Å². The quantitative estimate of drug-likeness (QED) is 0.430. The van der Waals surface area contributed by atoms with Gasteiger partial charge in [-0.3, -0.25) is 0 Å². The highest BCUT2D eigenvalue weighted by atomic mass is 35.5. The SMILES string of the molecule is CCSc1cc(Cl)cc(C)c1C#N.CCSc1cc(N2CCOC[C@H]2C)cc(C)c1C#N. The van der Waals surface area contributed by atoms with Crippen LogP contribution < -0.4 is 4.90 Å². The lowest BCUT2D eigenvalue weighted by molar-refractivity contribution is 0.0989. The fraction of sp³-hybridized carbons (Fsp3) is 0.440. The van der Waals surface area contributed by atoms with Crippen LogP contribution in [0.2, 0.25) is 5.02 Å². The second-order valence-corrected chi connectivity index (χ2v) is 10.5. The molecule has 4 nitrogen and oxygen atoms in total. The third kappa shape index (κ3) is 6.83. The van der Waals surface area contributed by atoms with Gasteiger partial charge in [-0.25, -0.2) is 0 Å². The van der Waals surface area contributed by atoms with Crippen LogP contribution in [0.25, 0.3) is 0 Å². The fourth-order valence-electron chi connectivity index (χ4n) is 3.55. The van der Waals surface area contributed by atoms with Crippen LogP contribution in [0, 0.1) is 36.5 Å². The maximum Gasteiger partial charge on any atom is 0.101 e. The van der Waals surface area contributed by atoms with Crippen molar-refractivity contribution in [2.45, 2.75) is 50.5 Å². The van der Waals surface area contributed by atoms with Crippen molar-refractivity contribution >= 4 is 40.8 Å². The lowest BCUT2D eigenvalue weighted by atomic mass is 10.1. The molecule has 1 aliphatic rings. The van der Waals surface area contributed by atoms with Crippen LogP contribution in [0.5, 0.6) is 0 Å². The monoisotopic (exact) mass is 487 g/mol. The second-order valence-electron chi connectivity index (χ2n) is 7.44. The van der Waals surface area contributed by atoms with Gasteiger partial charge >= 0.3 is 0 Å². The van der Waals surface area contributed by atoms with E-state index in [9.17, 15) is 5.26 Å². The largest absolute Gasteiger partial charge is 0.377 e. The van der Waals surface area contributed by atoms with E-state index in [0.29, 0.717) is 11.1 Å². The van der Waals surface area contributed by atoms with Crippen LogP contribution in [-0.4, -0.2) is 37.3 Å². The number of ether oxygens (including phenoxy) is 1. The van der Waals surface area contributed by atoms with E-state index in [1.807, 2.05) is 26.0 Å². The lowest BCUT2D eigenvalue weighted by Gasteiger charge is -2.35. The molecule has 0 amide bonds. The average molecular weight is 488 g/mol. The number of hydrogen-bond acceptors (Lipinski definition) is 6. The van der Waals surface area contributed by atoms with E-state index in [0.717, 1.165) is 63.3 Å². The van der Waals surface area contributed by atoms with Gasteiger partial charge in [0, 0.05) is 33.1 Å². The minimum Gasteiger partial charge on any atom is -0.377 e. The number of hydrogen-bond donors (Lipinski definition) is 0. The van der Waals surface area contributed by atoms with Crippen LogP contribution in [-0.2, 0) is 4.74 Å². The van der Waals surface area contributed by atoms with Crippen molar-refractivity contribution in [3.63, 3.8) is 0 Å². The van der Waals surface area contributed by atoms with E-state index in [1.165, 1.54) is 5.69 Å². The molecule has 2 aromatic rings. The molecule has 0 spiro atoms. The molecule has 1 heterocycles. The normalized spacial score (nSPS) is 15.4. The number of nitriles is 2. The number of benzene rings is 2.